The predicted molar refractivity (Wildman–Crippen MR) is 98.6 cm³/mol. The van der Waals surface area contributed by atoms with Crippen LogP contribution in [-0.4, -0.2) is 30.9 Å². The highest BCUT2D eigenvalue weighted by Crippen LogP contribution is 2.25. The lowest BCUT2D eigenvalue weighted by Crippen LogP contribution is -2.36. The molecule has 2 aromatic carbocycles. The van der Waals surface area contributed by atoms with E-state index in [-0.39, 0.29) is 24.5 Å². The Morgan fingerprint density at radius 2 is 1.77 bits per heavy atom. The van der Waals surface area contributed by atoms with Crippen LogP contribution >= 0.6 is 23.2 Å². The van der Waals surface area contributed by atoms with Crippen molar-refractivity contribution in [1.29, 1.82) is 0 Å². The van der Waals surface area contributed by atoms with Crippen LogP contribution in [0.2, 0.25) is 10.0 Å². The van der Waals surface area contributed by atoms with Gasteiger partial charge in [0.25, 0.3) is 11.8 Å². The summed E-state index contributed by atoms with van der Waals surface area (Å²) in [6.45, 7) is -0.669. The van der Waals surface area contributed by atoms with Gasteiger partial charge in [-0.25, -0.2) is 0 Å². The van der Waals surface area contributed by atoms with Crippen LogP contribution in [0.25, 0.3) is 0 Å². The average Bonchev–Trinajstić information content (AvgIpc) is 2.61. The Balaban J connectivity index is 1.82. The van der Waals surface area contributed by atoms with Gasteiger partial charge in [-0.2, -0.15) is 0 Å². The van der Waals surface area contributed by atoms with E-state index in [9.17, 15) is 14.4 Å². The van der Waals surface area contributed by atoms with Crippen molar-refractivity contribution >= 4 is 46.6 Å². The molecule has 136 valence electrons. The largest absolute Gasteiger partial charge is 0.483 e. The molecule has 0 unspecified atom stereocenters. The number of nitrogens with one attached hydrogen (secondary N) is 2. The normalized spacial score (nSPS) is 10.1. The van der Waals surface area contributed by atoms with Crippen molar-refractivity contribution in [3.05, 3.63) is 58.1 Å². The Bertz CT molecular complexity index is 843. The van der Waals surface area contributed by atoms with Crippen molar-refractivity contribution in [2.24, 2.45) is 5.73 Å². The van der Waals surface area contributed by atoms with Gasteiger partial charge in [0.2, 0.25) is 5.91 Å². The summed E-state index contributed by atoms with van der Waals surface area (Å²) in [5.74, 6) is -1.51. The molecule has 0 saturated carbocycles. The molecular formula is C17H15Cl2N3O4. The first-order valence-corrected chi connectivity index (χ1v) is 8.15. The van der Waals surface area contributed by atoms with Gasteiger partial charge >= 0.3 is 0 Å². The first kappa shape index (κ1) is 19.6. The topological polar surface area (TPSA) is 111 Å². The molecule has 2 aromatic rings. The number of carbonyl (C=O) groups excluding carboxylic acids is 3. The van der Waals surface area contributed by atoms with Crippen LogP contribution in [-0.2, 0) is 9.59 Å². The monoisotopic (exact) mass is 395 g/mol. The number of carbonyl (C=O) groups is 3. The van der Waals surface area contributed by atoms with E-state index in [1.807, 2.05) is 0 Å². The number of benzene rings is 2. The summed E-state index contributed by atoms with van der Waals surface area (Å²) in [6, 6.07) is 10.9. The van der Waals surface area contributed by atoms with Gasteiger partial charge in [-0.1, -0.05) is 35.3 Å². The zero-order valence-electron chi connectivity index (χ0n) is 13.4. The van der Waals surface area contributed by atoms with Gasteiger partial charge in [0.1, 0.15) is 5.75 Å². The molecule has 26 heavy (non-hydrogen) atoms. The van der Waals surface area contributed by atoms with Crippen LogP contribution in [0, 0.1) is 0 Å². The van der Waals surface area contributed by atoms with Crippen LogP contribution in [0.5, 0.6) is 5.75 Å². The highest BCUT2D eigenvalue weighted by molar-refractivity contribution is 6.35. The molecular weight excluding hydrogens is 381 g/mol. The summed E-state index contributed by atoms with van der Waals surface area (Å²) in [6.07, 6.45) is 0. The molecule has 0 saturated heterocycles. The highest BCUT2D eigenvalue weighted by atomic mass is 35.5. The SMILES string of the molecule is NC(=O)c1ccccc1OCC(=O)NCC(=O)Nc1cc(Cl)ccc1Cl. The highest BCUT2D eigenvalue weighted by Gasteiger charge is 2.12. The van der Waals surface area contributed by atoms with E-state index in [0.717, 1.165) is 0 Å². The van der Waals surface area contributed by atoms with Gasteiger partial charge in [0.05, 0.1) is 22.8 Å². The number of nitrogens with two attached hydrogens (primary N) is 1. The summed E-state index contributed by atoms with van der Waals surface area (Å²) in [5.41, 5.74) is 5.72. The third-order valence-electron chi connectivity index (χ3n) is 3.16. The van der Waals surface area contributed by atoms with Crippen LogP contribution in [0.4, 0.5) is 5.69 Å². The molecule has 3 amide bonds. The van der Waals surface area contributed by atoms with Crippen molar-refractivity contribution in [2.75, 3.05) is 18.5 Å². The van der Waals surface area contributed by atoms with E-state index >= 15 is 0 Å². The van der Waals surface area contributed by atoms with Crippen molar-refractivity contribution in [3.63, 3.8) is 0 Å². The Morgan fingerprint density at radius 1 is 1.04 bits per heavy atom. The van der Waals surface area contributed by atoms with Crippen molar-refractivity contribution in [3.8, 4) is 5.75 Å². The number of para-hydroxylation sites is 1. The van der Waals surface area contributed by atoms with Gasteiger partial charge in [0, 0.05) is 5.02 Å². The molecule has 0 bridgehead atoms. The standard InChI is InChI=1S/C17H15Cl2N3O4/c18-10-5-6-12(19)13(7-10)22-15(23)8-21-16(24)9-26-14-4-2-1-3-11(14)17(20)25/h1-7H,8-9H2,(H2,20,25)(H,21,24)(H,22,23). The van der Waals surface area contributed by atoms with Crippen LogP contribution in [0.3, 0.4) is 0 Å². The molecule has 0 aliphatic carbocycles. The Morgan fingerprint density at radius 3 is 2.50 bits per heavy atom. The lowest BCUT2D eigenvalue weighted by atomic mass is 10.2. The molecule has 7 nitrogen and oxygen atoms in total. The second-order valence-electron chi connectivity index (χ2n) is 5.10. The summed E-state index contributed by atoms with van der Waals surface area (Å²) < 4.78 is 5.26. The Labute approximate surface area is 159 Å². The fourth-order valence-corrected chi connectivity index (χ4v) is 2.29. The number of ether oxygens (including phenoxy) is 1. The number of primary amides is 1. The first-order valence-electron chi connectivity index (χ1n) is 7.40. The number of amides is 3. The van der Waals surface area contributed by atoms with Gasteiger partial charge in [-0.05, 0) is 30.3 Å². The second-order valence-corrected chi connectivity index (χ2v) is 5.94. The van der Waals surface area contributed by atoms with Crippen LogP contribution in [0.15, 0.2) is 42.5 Å². The number of anilines is 1. The minimum atomic E-state index is -0.668. The molecule has 0 fully saturated rings. The molecule has 9 heteroatoms. The van der Waals surface area contributed by atoms with Gasteiger partial charge < -0.3 is 21.1 Å². The number of rotatable bonds is 7. The first-order chi connectivity index (χ1) is 12.4. The van der Waals surface area contributed by atoms with Gasteiger partial charge in [-0.15, -0.1) is 0 Å². The fourth-order valence-electron chi connectivity index (χ4n) is 1.96. The molecule has 2 rings (SSSR count). The van der Waals surface area contributed by atoms with Crippen molar-refractivity contribution < 1.29 is 19.1 Å². The molecule has 4 N–H and O–H groups in total. The summed E-state index contributed by atoms with van der Waals surface area (Å²) >= 11 is 11.8. The lowest BCUT2D eigenvalue weighted by molar-refractivity contribution is -0.125. The number of halogens is 2. The molecule has 0 spiro atoms. The van der Waals surface area contributed by atoms with Gasteiger partial charge in [-0.3, -0.25) is 14.4 Å². The molecule has 0 aliphatic heterocycles. The maximum atomic E-state index is 11.9. The zero-order valence-corrected chi connectivity index (χ0v) is 14.9. The van der Waals surface area contributed by atoms with Crippen LogP contribution in [0.1, 0.15) is 10.4 Å². The minimum absolute atomic E-state index is 0.161. The van der Waals surface area contributed by atoms with E-state index in [0.29, 0.717) is 15.7 Å². The molecule has 0 aliphatic rings. The minimum Gasteiger partial charge on any atom is -0.483 e. The molecule has 0 aromatic heterocycles. The molecule has 0 radical (unpaired) electrons. The smallest absolute Gasteiger partial charge is 0.258 e. The third-order valence-corrected chi connectivity index (χ3v) is 3.72. The third kappa shape index (κ3) is 5.65. The van der Waals surface area contributed by atoms with E-state index < -0.39 is 17.7 Å². The van der Waals surface area contributed by atoms with E-state index in [2.05, 4.69) is 10.6 Å². The van der Waals surface area contributed by atoms with Crippen molar-refractivity contribution in [2.45, 2.75) is 0 Å². The van der Waals surface area contributed by atoms with Crippen LogP contribution < -0.4 is 21.1 Å². The number of hydrogen-bond acceptors (Lipinski definition) is 4. The fraction of sp³-hybridized carbons (Fsp3) is 0.118. The van der Waals surface area contributed by atoms with E-state index in [1.165, 1.54) is 18.2 Å². The average molecular weight is 396 g/mol. The predicted octanol–water partition coefficient (Wildman–Crippen LogP) is 2.23. The van der Waals surface area contributed by atoms with Crippen molar-refractivity contribution in [1.82, 2.24) is 5.32 Å². The Kier molecular flexibility index (Phi) is 6.82. The number of hydrogen-bond donors (Lipinski definition) is 3. The quantitative estimate of drug-likeness (QED) is 0.667. The maximum absolute atomic E-state index is 11.9. The Hall–Kier alpha value is -2.77. The second kappa shape index (κ2) is 9.07. The summed E-state index contributed by atoms with van der Waals surface area (Å²) in [4.78, 5) is 34.9. The maximum Gasteiger partial charge on any atom is 0.258 e. The van der Waals surface area contributed by atoms with E-state index in [1.54, 1.807) is 24.3 Å². The summed E-state index contributed by atoms with van der Waals surface area (Å²) in [7, 11) is 0. The summed E-state index contributed by atoms with van der Waals surface area (Å²) in [5, 5.41) is 5.65. The van der Waals surface area contributed by atoms with E-state index in [4.69, 9.17) is 33.7 Å². The molecule has 0 atom stereocenters. The lowest BCUT2D eigenvalue weighted by Gasteiger charge is -2.10. The van der Waals surface area contributed by atoms with Gasteiger partial charge in [0.15, 0.2) is 6.61 Å². The zero-order chi connectivity index (χ0) is 19.1. The molecule has 0 heterocycles.